The number of carbonyl (C=O) groups is 1. The van der Waals surface area contributed by atoms with E-state index in [0.717, 1.165) is 17.3 Å². The van der Waals surface area contributed by atoms with Gasteiger partial charge < -0.3 is 14.9 Å². The summed E-state index contributed by atoms with van der Waals surface area (Å²) in [5.74, 6) is 2.20. The quantitative estimate of drug-likeness (QED) is 0.648. The van der Waals surface area contributed by atoms with Crippen LogP contribution < -0.4 is 5.73 Å². The third-order valence-electron chi connectivity index (χ3n) is 1.77. The Morgan fingerprint density at radius 1 is 1.47 bits per heavy atom. The number of thioether (sulfide) groups is 1. The molecule has 0 aromatic carbocycles. The molecule has 0 saturated carbocycles. The van der Waals surface area contributed by atoms with Crippen LogP contribution in [0.5, 0.6) is 0 Å². The van der Waals surface area contributed by atoms with Crippen molar-refractivity contribution in [2.75, 3.05) is 12.3 Å². The molecular weight excluding hydrogens is 238 g/mol. The van der Waals surface area contributed by atoms with E-state index in [2.05, 4.69) is 0 Å². The summed E-state index contributed by atoms with van der Waals surface area (Å²) in [7, 11) is 0. The molecule has 0 aliphatic carbocycles. The summed E-state index contributed by atoms with van der Waals surface area (Å²) in [4.78, 5) is 11.7. The lowest BCUT2D eigenvalue weighted by molar-refractivity contribution is 0.00347. The lowest BCUT2D eigenvalue weighted by Gasteiger charge is -2.18. The van der Waals surface area contributed by atoms with Crippen LogP contribution in [0.25, 0.3) is 0 Å². The first kappa shape index (κ1) is 14.1. The maximum atomic E-state index is 11.7. The molecule has 1 rings (SSSR count). The molecule has 0 atom stereocenters. The monoisotopic (exact) mass is 257 g/mol. The van der Waals surface area contributed by atoms with Gasteiger partial charge in [-0.2, -0.15) is 11.8 Å². The average Bonchev–Trinajstić information content (AvgIpc) is 2.64. The molecule has 0 spiro atoms. The molecule has 0 aliphatic rings. The van der Waals surface area contributed by atoms with Crippen LogP contribution in [0.15, 0.2) is 16.5 Å². The predicted octanol–water partition coefficient (Wildman–Crippen LogP) is 2.43. The van der Waals surface area contributed by atoms with Crippen molar-refractivity contribution in [3.05, 3.63) is 23.7 Å². The number of hydrogen-bond acceptors (Lipinski definition) is 5. The molecule has 2 N–H and O–H groups in total. The SMILES string of the molecule is CC(C)(C)OC(=O)c1ccc(CSCCN)o1. The van der Waals surface area contributed by atoms with Crippen molar-refractivity contribution in [1.29, 1.82) is 0 Å². The van der Waals surface area contributed by atoms with E-state index < -0.39 is 11.6 Å². The summed E-state index contributed by atoms with van der Waals surface area (Å²) in [6.07, 6.45) is 0. The molecule has 96 valence electrons. The van der Waals surface area contributed by atoms with Gasteiger partial charge in [0.15, 0.2) is 0 Å². The molecule has 17 heavy (non-hydrogen) atoms. The summed E-state index contributed by atoms with van der Waals surface area (Å²) in [5.41, 5.74) is 4.89. The van der Waals surface area contributed by atoms with E-state index >= 15 is 0 Å². The Morgan fingerprint density at radius 2 is 2.18 bits per heavy atom. The van der Waals surface area contributed by atoms with E-state index in [9.17, 15) is 4.79 Å². The van der Waals surface area contributed by atoms with Crippen molar-refractivity contribution in [2.24, 2.45) is 5.73 Å². The van der Waals surface area contributed by atoms with Crippen LogP contribution in [0, 0.1) is 0 Å². The van der Waals surface area contributed by atoms with Crippen LogP contribution in [0.1, 0.15) is 37.1 Å². The van der Waals surface area contributed by atoms with Gasteiger partial charge in [-0.1, -0.05) is 0 Å². The average molecular weight is 257 g/mol. The van der Waals surface area contributed by atoms with Gasteiger partial charge in [-0.3, -0.25) is 0 Å². The number of ether oxygens (including phenoxy) is 1. The third-order valence-corrected chi connectivity index (χ3v) is 2.78. The van der Waals surface area contributed by atoms with Gasteiger partial charge in [-0.15, -0.1) is 0 Å². The van der Waals surface area contributed by atoms with Crippen LogP contribution in [-0.4, -0.2) is 23.9 Å². The highest BCUT2D eigenvalue weighted by atomic mass is 32.2. The standard InChI is InChI=1S/C12H19NO3S/c1-12(2,3)16-11(14)10-5-4-9(15-10)8-17-7-6-13/h4-5H,6-8,13H2,1-3H3. The second kappa shape index (κ2) is 6.12. The van der Waals surface area contributed by atoms with Crippen LogP contribution in [0.2, 0.25) is 0 Å². The first-order valence-corrected chi connectivity index (χ1v) is 6.68. The molecule has 0 saturated heterocycles. The lowest BCUT2D eigenvalue weighted by atomic mass is 10.2. The Kier molecular flexibility index (Phi) is 5.08. The largest absolute Gasteiger partial charge is 0.454 e. The first-order chi connectivity index (χ1) is 7.92. The van der Waals surface area contributed by atoms with Gasteiger partial charge in [0.25, 0.3) is 0 Å². The topological polar surface area (TPSA) is 65.5 Å². The predicted molar refractivity (Wildman–Crippen MR) is 69.1 cm³/mol. The van der Waals surface area contributed by atoms with Gasteiger partial charge in [0.05, 0.1) is 5.75 Å². The maximum absolute atomic E-state index is 11.7. The van der Waals surface area contributed by atoms with Crippen molar-refractivity contribution < 1.29 is 13.9 Å². The summed E-state index contributed by atoms with van der Waals surface area (Å²) in [6.45, 7) is 6.12. The fraction of sp³-hybridized carbons (Fsp3) is 0.583. The Hall–Kier alpha value is -0.940. The highest BCUT2D eigenvalue weighted by Crippen LogP contribution is 2.18. The van der Waals surface area contributed by atoms with Crippen molar-refractivity contribution >= 4 is 17.7 Å². The normalized spacial score (nSPS) is 11.5. The summed E-state index contributed by atoms with van der Waals surface area (Å²) < 4.78 is 10.6. The van der Waals surface area contributed by atoms with E-state index in [4.69, 9.17) is 14.9 Å². The van der Waals surface area contributed by atoms with Gasteiger partial charge in [-0.05, 0) is 32.9 Å². The summed E-state index contributed by atoms with van der Waals surface area (Å²) in [6, 6.07) is 3.44. The van der Waals surface area contributed by atoms with Gasteiger partial charge in [0.1, 0.15) is 11.4 Å². The highest BCUT2D eigenvalue weighted by Gasteiger charge is 2.20. The van der Waals surface area contributed by atoms with E-state index in [1.165, 1.54) is 0 Å². The Balaban J connectivity index is 2.52. The molecule has 5 heteroatoms. The van der Waals surface area contributed by atoms with Crippen molar-refractivity contribution in [3.8, 4) is 0 Å². The minimum absolute atomic E-state index is 0.253. The van der Waals surface area contributed by atoms with Crippen LogP contribution >= 0.6 is 11.8 Å². The highest BCUT2D eigenvalue weighted by molar-refractivity contribution is 7.98. The fourth-order valence-electron chi connectivity index (χ4n) is 1.15. The molecular formula is C12H19NO3S. The van der Waals surface area contributed by atoms with E-state index in [-0.39, 0.29) is 5.76 Å². The summed E-state index contributed by atoms with van der Waals surface area (Å²) >= 11 is 1.67. The van der Waals surface area contributed by atoms with Gasteiger partial charge >= 0.3 is 5.97 Å². The molecule has 0 aliphatic heterocycles. The van der Waals surface area contributed by atoms with Crippen LogP contribution in [-0.2, 0) is 10.5 Å². The first-order valence-electron chi connectivity index (χ1n) is 5.52. The van der Waals surface area contributed by atoms with Gasteiger partial charge in [0.2, 0.25) is 5.76 Å². The number of nitrogens with two attached hydrogens (primary N) is 1. The van der Waals surface area contributed by atoms with Crippen molar-refractivity contribution in [2.45, 2.75) is 32.1 Å². The number of carbonyl (C=O) groups excluding carboxylic acids is 1. The second-order valence-electron chi connectivity index (χ2n) is 4.61. The molecule has 0 bridgehead atoms. The van der Waals surface area contributed by atoms with E-state index in [1.807, 2.05) is 20.8 Å². The van der Waals surface area contributed by atoms with E-state index in [1.54, 1.807) is 23.9 Å². The maximum Gasteiger partial charge on any atom is 0.374 e. The van der Waals surface area contributed by atoms with Gasteiger partial charge in [-0.25, -0.2) is 4.79 Å². The molecule has 0 unspecified atom stereocenters. The van der Waals surface area contributed by atoms with Gasteiger partial charge in [0, 0.05) is 12.3 Å². The third kappa shape index (κ3) is 5.28. The zero-order valence-corrected chi connectivity index (χ0v) is 11.3. The molecule has 1 aromatic rings. The van der Waals surface area contributed by atoms with Crippen LogP contribution in [0.4, 0.5) is 0 Å². The smallest absolute Gasteiger partial charge is 0.374 e. The van der Waals surface area contributed by atoms with Crippen LogP contribution in [0.3, 0.4) is 0 Å². The zero-order chi connectivity index (χ0) is 12.9. The Labute approximate surface area is 106 Å². The molecule has 1 aromatic heterocycles. The number of furan rings is 1. The Bertz CT molecular complexity index is 368. The van der Waals surface area contributed by atoms with E-state index in [0.29, 0.717) is 6.54 Å². The minimum Gasteiger partial charge on any atom is -0.454 e. The molecule has 0 amide bonds. The van der Waals surface area contributed by atoms with Crippen molar-refractivity contribution in [3.63, 3.8) is 0 Å². The number of hydrogen-bond donors (Lipinski definition) is 1. The molecule has 0 fully saturated rings. The Morgan fingerprint density at radius 3 is 2.76 bits per heavy atom. The minimum atomic E-state index is -0.502. The molecule has 1 heterocycles. The summed E-state index contributed by atoms with van der Waals surface area (Å²) in [5, 5.41) is 0. The lowest BCUT2D eigenvalue weighted by Crippen LogP contribution is -2.23. The molecule has 0 radical (unpaired) electrons. The molecule has 4 nitrogen and oxygen atoms in total. The van der Waals surface area contributed by atoms with Crippen molar-refractivity contribution in [1.82, 2.24) is 0 Å². The zero-order valence-electron chi connectivity index (χ0n) is 10.5. The fourth-order valence-corrected chi connectivity index (χ4v) is 1.82. The number of esters is 1. The number of rotatable bonds is 5. The second-order valence-corrected chi connectivity index (χ2v) is 5.71.